The number of fused-ring (bicyclic) bond motifs is 1. The van der Waals surface area contributed by atoms with E-state index in [-0.39, 0.29) is 0 Å². The molecule has 1 heterocycles. The molecule has 0 atom stereocenters. The van der Waals surface area contributed by atoms with Gasteiger partial charge in [-0.2, -0.15) is 0 Å². The van der Waals surface area contributed by atoms with Gasteiger partial charge < -0.3 is 10.3 Å². The van der Waals surface area contributed by atoms with E-state index in [1.165, 1.54) is 3.57 Å². The number of hydrogen-bond acceptors (Lipinski definition) is 2. The fourth-order valence-electron chi connectivity index (χ4n) is 1.63. The summed E-state index contributed by atoms with van der Waals surface area (Å²) in [5.41, 5.74) is 7.94. The Morgan fingerprint density at radius 1 is 1.43 bits per heavy atom. The Labute approximate surface area is 96.4 Å². The van der Waals surface area contributed by atoms with E-state index < -0.39 is 0 Å². The lowest BCUT2D eigenvalue weighted by atomic mass is 10.3. The summed E-state index contributed by atoms with van der Waals surface area (Å²) in [7, 11) is 0. The fraction of sp³-hybridized carbons (Fsp3) is 0.300. The average Bonchev–Trinajstić information content (AvgIpc) is 2.40. The van der Waals surface area contributed by atoms with Gasteiger partial charge in [-0.05, 0) is 54.6 Å². The van der Waals surface area contributed by atoms with Crippen LogP contribution in [0.1, 0.15) is 19.9 Å². The number of halogens is 1. The van der Waals surface area contributed by atoms with Crippen molar-refractivity contribution in [3.63, 3.8) is 0 Å². The first-order chi connectivity index (χ1) is 6.59. The molecule has 2 rings (SSSR count). The number of hydrogen-bond donors (Lipinski definition) is 1. The van der Waals surface area contributed by atoms with Crippen LogP contribution >= 0.6 is 22.6 Å². The summed E-state index contributed by atoms with van der Waals surface area (Å²) >= 11 is 2.30. The molecule has 74 valence electrons. The van der Waals surface area contributed by atoms with E-state index >= 15 is 0 Å². The standard InChI is InChI=1S/C10H12IN3/c1-6(2)14-9-5-7(11)3-4-8(9)13-10(14)12/h3-6H,1-2H3,(H2,12,13). The molecule has 0 aliphatic heterocycles. The molecule has 0 radical (unpaired) electrons. The van der Waals surface area contributed by atoms with Gasteiger partial charge in [0.05, 0.1) is 11.0 Å². The number of nitrogens with two attached hydrogens (primary N) is 1. The number of imidazole rings is 1. The summed E-state index contributed by atoms with van der Waals surface area (Å²) in [4.78, 5) is 4.31. The van der Waals surface area contributed by atoms with Crippen LogP contribution in [0, 0.1) is 3.57 Å². The van der Waals surface area contributed by atoms with Crippen molar-refractivity contribution in [1.29, 1.82) is 0 Å². The molecule has 1 aromatic carbocycles. The monoisotopic (exact) mass is 301 g/mol. The van der Waals surface area contributed by atoms with Gasteiger partial charge in [-0.1, -0.05) is 0 Å². The van der Waals surface area contributed by atoms with Crippen LogP contribution in [0.4, 0.5) is 5.95 Å². The maximum absolute atomic E-state index is 5.85. The highest BCUT2D eigenvalue weighted by molar-refractivity contribution is 14.1. The Morgan fingerprint density at radius 3 is 2.79 bits per heavy atom. The molecule has 2 N–H and O–H groups in total. The second kappa shape index (κ2) is 3.42. The third kappa shape index (κ3) is 1.47. The van der Waals surface area contributed by atoms with Crippen molar-refractivity contribution in [2.24, 2.45) is 0 Å². The number of nitrogens with zero attached hydrogens (tertiary/aromatic N) is 2. The van der Waals surface area contributed by atoms with Crippen molar-refractivity contribution in [3.05, 3.63) is 21.8 Å². The predicted molar refractivity (Wildman–Crippen MR) is 67.2 cm³/mol. The minimum Gasteiger partial charge on any atom is -0.369 e. The molecule has 0 saturated heterocycles. The van der Waals surface area contributed by atoms with E-state index in [2.05, 4.69) is 52.1 Å². The van der Waals surface area contributed by atoms with Crippen LogP contribution in [0.2, 0.25) is 0 Å². The first-order valence-corrected chi connectivity index (χ1v) is 5.60. The number of benzene rings is 1. The molecular formula is C10H12IN3. The first-order valence-electron chi connectivity index (χ1n) is 4.52. The van der Waals surface area contributed by atoms with Crippen molar-refractivity contribution in [2.75, 3.05) is 5.73 Å². The molecular weight excluding hydrogens is 289 g/mol. The van der Waals surface area contributed by atoms with Crippen LogP contribution in [-0.2, 0) is 0 Å². The van der Waals surface area contributed by atoms with Crippen molar-refractivity contribution in [1.82, 2.24) is 9.55 Å². The molecule has 0 spiro atoms. The lowest BCUT2D eigenvalue weighted by Gasteiger charge is -2.09. The number of rotatable bonds is 1. The van der Waals surface area contributed by atoms with Gasteiger partial charge in [0.15, 0.2) is 0 Å². The van der Waals surface area contributed by atoms with Crippen LogP contribution in [-0.4, -0.2) is 9.55 Å². The Balaban J connectivity index is 2.79. The summed E-state index contributed by atoms with van der Waals surface area (Å²) < 4.78 is 3.26. The van der Waals surface area contributed by atoms with Crippen LogP contribution in [0.5, 0.6) is 0 Å². The molecule has 2 aromatic rings. The van der Waals surface area contributed by atoms with E-state index in [1.807, 2.05) is 12.1 Å². The Hall–Kier alpha value is -0.780. The van der Waals surface area contributed by atoms with E-state index in [0.29, 0.717) is 12.0 Å². The molecule has 1 aromatic heterocycles. The molecule has 3 nitrogen and oxygen atoms in total. The topological polar surface area (TPSA) is 43.8 Å². The van der Waals surface area contributed by atoms with Crippen LogP contribution in [0.25, 0.3) is 11.0 Å². The summed E-state index contributed by atoms with van der Waals surface area (Å²) in [5.74, 6) is 0.594. The van der Waals surface area contributed by atoms with Crippen molar-refractivity contribution in [2.45, 2.75) is 19.9 Å². The number of nitrogen functional groups attached to an aromatic ring is 1. The second-order valence-corrected chi connectivity index (χ2v) is 4.81. The highest BCUT2D eigenvalue weighted by atomic mass is 127. The van der Waals surface area contributed by atoms with E-state index in [1.54, 1.807) is 0 Å². The third-order valence-corrected chi connectivity index (χ3v) is 2.87. The number of aromatic nitrogens is 2. The second-order valence-electron chi connectivity index (χ2n) is 3.57. The molecule has 4 heteroatoms. The van der Waals surface area contributed by atoms with Gasteiger partial charge in [-0.25, -0.2) is 4.98 Å². The van der Waals surface area contributed by atoms with E-state index in [0.717, 1.165) is 11.0 Å². The van der Waals surface area contributed by atoms with Crippen molar-refractivity contribution in [3.8, 4) is 0 Å². The van der Waals surface area contributed by atoms with Gasteiger partial charge in [-0.15, -0.1) is 0 Å². The van der Waals surface area contributed by atoms with Crippen LogP contribution in [0.3, 0.4) is 0 Å². The van der Waals surface area contributed by atoms with Gasteiger partial charge >= 0.3 is 0 Å². The molecule has 0 aliphatic carbocycles. The summed E-state index contributed by atoms with van der Waals surface area (Å²) in [6, 6.07) is 6.50. The van der Waals surface area contributed by atoms with Gasteiger partial charge in [-0.3, -0.25) is 0 Å². The Kier molecular flexibility index (Phi) is 2.38. The molecule has 0 bridgehead atoms. The zero-order chi connectivity index (χ0) is 10.3. The summed E-state index contributed by atoms with van der Waals surface area (Å²) in [5, 5.41) is 0. The fourth-order valence-corrected chi connectivity index (χ4v) is 2.10. The molecule has 0 saturated carbocycles. The maximum Gasteiger partial charge on any atom is 0.201 e. The average molecular weight is 301 g/mol. The quantitative estimate of drug-likeness (QED) is 0.823. The molecule has 0 fully saturated rings. The smallest absolute Gasteiger partial charge is 0.201 e. The lowest BCUT2D eigenvalue weighted by Crippen LogP contribution is -2.05. The van der Waals surface area contributed by atoms with Gasteiger partial charge in [0.25, 0.3) is 0 Å². The summed E-state index contributed by atoms with van der Waals surface area (Å²) in [6.07, 6.45) is 0. The predicted octanol–water partition coefficient (Wildman–Crippen LogP) is 2.80. The Bertz CT molecular complexity index is 473. The maximum atomic E-state index is 5.85. The normalized spacial score (nSPS) is 11.4. The largest absolute Gasteiger partial charge is 0.369 e. The van der Waals surface area contributed by atoms with E-state index in [9.17, 15) is 0 Å². The number of anilines is 1. The molecule has 0 aliphatic rings. The third-order valence-electron chi connectivity index (χ3n) is 2.20. The Morgan fingerprint density at radius 2 is 2.14 bits per heavy atom. The zero-order valence-corrected chi connectivity index (χ0v) is 10.3. The van der Waals surface area contributed by atoms with Crippen molar-refractivity contribution < 1.29 is 0 Å². The zero-order valence-electron chi connectivity index (χ0n) is 8.16. The van der Waals surface area contributed by atoms with Crippen molar-refractivity contribution >= 4 is 39.6 Å². The minimum absolute atomic E-state index is 0.346. The molecule has 0 amide bonds. The molecule has 14 heavy (non-hydrogen) atoms. The van der Waals surface area contributed by atoms with Crippen LogP contribution in [0.15, 0.2) is 18.2 Å². The van der Waals surface area contributed by atoms with Crippen LogP contribution < -0.4 is 5.73 Å². The van der Waals surface area contributed by atoms with Gasteiger partial charge in [0.1, 0.15) is 0 Å². The van der Waals surface area contributed by atoms with Gasteiger partial charge in [0, 0.05) is 9.61 Å². The highest BCUT2D eigenvalue weighted by Crippen LogP contribution is 2.23. The lowest BCUT2D eigenvalue weighted by molar-refractivity contribution is 0.627. The SMILES string of the molecule is CC(C)n1c(N)nc2ccc(I)cc21. The molecule has 0 unspecified atom stereocenters. The minimum atomic E-state index is 0.346. The highest BCUT2D eigenvalue weighted by Gasteiger charge is 2.10. The summed E-state index contributed by atoms with van der Waals surface area (Å²) in [6.45, 7) is 4.22. The van der Waals surface area contributed by atoms with E-state index in [4.69, 9.17) is 5.73 Å². The van der Waals surface area contributed by atoms with Gasteiger partial charge in [0.2, 0.25) is 5.95 Å². The first kappa shape index (κ1) is 9.76.